The van der Waals surface area contributed by atoms with E-state index in [1.165, 1.54) is 7.85 Å². The molecule has 3 N–H and O–H groups in total. The van der Waals surface area contributed by atoms with Gasteiger partial charge in [0.2, 0.25) is 0 Å². The molecule has 2 aromatic rings. The molecular weight excluding hydrogens is 405 g/mol. The molecule has 1 aromatic carbocycles. The van der Waals surface area contributed by atoms with Crippen LogP contribution in [0.3, 0.4) is 0 Å². The molecule has 2 rings (SSSR count). The maximum Gasteiger partial charge on any atom is 0.317 e. The van der Waals surface area contributed by atoms with Crippen LogP contribution >= 0.6 is 11.6 Å². The number of aromatic nitrogens is 1. The first-order valence-electron chi connectivity index (χ1n) is 10.1. The van der Waals surface area contributed by atoms with Gasteiger partial charge in [-0.3, -0.25) is 14.6 Å². The molecule has 0 aliphatic heterocycles. The van der Waals surface area contributed by atoms with Gasteiger partial charge in [-0.25, -0.2) is 0 Å². The van der Waals surface area contributed by atoms with E-state index in [0.717, 1.165) is 33.1 Å². The Morgan fingerprint density at radius 2 is 1.52 bits per heavy atom. The van der Waals surface area contributed by atoms with Gasteiger partial charge in [-0.2, -0.15) is 0 Å². The van der Waals surface area contributed by atoms with E-state index >= 15 is 0 Å². The van der Waals surface area contributed by atoms with Crippen molar-refractivity contribution in [2.45, 2.75) is 11.1 Å². The maximum atomic E-state index is 12.6. The molecule has 16 heteroatoms. The first-order valence-corrected chi connectivity index (χ1v) is 10.5. The first kappa shape index (κ1) is 25.2. The Morgan fingerprint density at radius 1 is 0.968 bits per heavy atom. The number of rotatable bonds is 5. The number of aliphatic carboxylic acids is 1. The second-order valence-electron chi connectivity index (χ2n) is 9.12. The van der Waals surface area contributed by atoms with Gasteiger partial charge in [0.1, 0.15) is 45.0 Å². The van der Waals surface area contributed by atoms with Crippen molar-refractivity contribution in [1.29, 1.82) is 0 Å². The minimum atomic E-state index is -1.17. The molecule has 1 heterocycles. The van der Waals surface area contributed by atoms with E-state index in [2.05, 4.69) is 33.8 Å². The fourth-order valence-electron chi connectivity index (χ4n) is 4.07. The van der Waals surface area contributed by atoms with Crippen LogP contribution in [0.15, 0.2) is 0 Å². The SMILES string of the molecule is Bc1nc(C(=O)NC(B)C(=O)O)c(O)c(B)c1-c1c(B)c(Cl)c(B)c(B)c1C(B)(B)B. The van der Waals surface area contributed by atoms with Crippen LogP contribution in [0.2, 0.25) is 5.02 Å². The minimum absolute atomic E-state index is 0.197. The van der Waals surface area contributed by atoms with E-state index in [0.29, 0.717) is 16.1 Å². The Kier molecular flexibility index (Phi) is 7.21. The lowest BCUT2D eigenvalue weighted by Crippen LogP contribution is -2.46. The van der Waals surface area contributed by atoms with Gasteiger partial charge in [0.05, 0.1) is 29.5 Å². The Balaban J connectivity index is 2.85. The molecule has 1 unspecified atom stereocenters. The van der Waals surface area contributed by atoms with Crippen LogP contribution in [-0.4, -0.2) is 104 Å². The number of aromatic hydroxyl groups is 1. The summed E-state index contributed by atoms with van der Waals surface area (Å²) in [6, 6.07) is 0. The van der Waals surface area contributed by atoms with E-state index in [4.69, 9.17) is 16.7 Å². The number of benzene rings is 1. The van der Waals surface area contributed by atoms with Gasteiger partial charge in [0.15, 0.2) is 13.5 Å². The zero-order valence-electron chi connectivity index (χ0n) is 19.6. The fourth-order valence-corrected chi connectivity index (χ4v) is 4.30. The number of carboxylic acids is 1. The number of nitrogens with zero attached hydrogens (tertiary/aromatic N) is 1. The summed E-state index contributed by atoms with van der Waals surface area (Å²) >= 11 is 6.67. The molecule has 1 amide bonds. The van der Waals surface area contributed by atoms with Crippen LogP contribution in [0.4, 0.5) is 0 Å². The van der Waals surface area contributed by atoms with E-state index in [-0.39, 0.29) is 16.6 Å². The molecule has 0 fully saturated rings. The predicted octanol–water partition coefficient (Wildman–Crippen LogP) is -10.8. The molecule has 0 radical (unpaired) electrons. The smallest absolute Gasteiger partial charge is 0.317 e. The van der Waals surface area contributed by atoms with Gasteiger partial charge in [-0.05, 0) is 16.6 Å². The number of carbonyl (C=O) groups is 2. The summed E-state index contributed by atoms with van der Waals surface area (Å²) in [7, 11) is 17.2. The van der Waals surface area contributed by atoms with Crippen LogP contribution in [0, 0.1) is 0 Å². The highest BCUT2D eigenvalue weighted by Gasteiger charge is 2.29. The zero-order chi connectivity index (χ0) is 24.0. The van der Waals surface area contributed by atoms with Crippen molar-refractivity contribution in [2.24, 2.45) is 0 Å². The number of carbonyl (C=O) groups excluding carboxylic acids is 1. The third-order valence-corrected chi connectivity index (χ3v) is 6.32. The Bertz CT molecular complexity index is 1110. The average Bonchev–Trinajstić information content (AvgIpc) is 2.65. The van der Waals surface area contributed by atoms with Gasteiger partial charge in [0.25, 0.3) is 5.91 Å². The van der Waals surface area contributed by atoms with Gasteiger partial charge < -0.3 is 15.5 Å². The summed E-state index contributed by atoms with van der Waals surface area (Å²) in [5.74, 6) is -3.30. The lowest BCUT2D eigenvalue weighted by molar-refractivity contribution is -0.137. The predicted molar refractivity (Wildman–Crippen MR) is 152 cm³/mol. The second-order valence-corrected chi connectivity index (χ2v) is 9.49. The number of amides is 1. The Morgan fingerprint density at radius 3 is 2.00 bits per heavy atom. The third kappa shape index (κ3) is 4.62. The standard InChI is InChI=1S/C15H22B9ClN2O4/c16-4-1(3(15(22,23)24)6(18)7(19)8(4)25)2-5(17)10(28)9(26-11(2)20)13(29)27-12(21)14(30)31/h12,28H,16-24H2,(H,27,29)(H,30,31). The molecule has 1 atom stereocenters. The number of hydrogen-bond donors (Lipinski definition) is 3. The van der Waals surface area contributed by atoms with E-state index < -0.39 is 17.8 Å². The topological polar surface area (TPSA) is 99.5 Å². The summed E-state index contributed by atoms with van der Waals surface area (Å²) in [6.45, 7) is 0. The number of hydrogen-bond acceptors (Lipinski definition) is 4. The molecule has 0 aliphatic rings. The minimum Gasteiger partial charge on any atom is -0.506 e. The molecule has 0 saturated carbocycles. The molecule has 0 spiro atoms. The third-order valence-electron chi connectivity index (χ3n) is 5.75. The van der Waals surface area contributed by atoms with Crippen molar-refractivity contribution >= 4 is 122 Å². The quantitative estimate of drug-likeness (QED) is 0.412. The number of pyridine rings is 1. The number of nitrogens with one attached hydrogen (secondary N) is 1. The molecule has 1 aromatic heterocycles. The van der Waals surface area contributed by atoms with Crippen molar-refractivity contribution < 1.29 is 19.8 Å². The van der Waals surface area contributed by atoms with Crippen LogP contribution in [0.25, 0.3) is 11.1 Å². The average molecular weight is 427 g/mol. The maximum absolute atomic E-state index is 12.6. The van der Waals surface area contributed by atoms with Crippen LogP contribution < -0.4 is 32.8 Å². The van der Waals surface area contributed by atoms with Crippen LogP contribution in [0.1, 0.15) is 16.1 Å². The molecule has 31 heavy (non-hydrogen) atoms. The van der Waals surface area contributed by atoms with Crippen LogP contribution in [-0.2, 0) is 9.91 Å². The van der Waals surface area contributed by atoms with Crippen molar-refractivity contribution in [3.05, 3.63) is 16.3 Å². The highest BCUT2D eigenvalue weighted by Crippen LogP contribution is 2.27. The lowest BCUT2D eigenvalue weighted by atomic mass is 9.37. The Hall–Kier alpha value is -2.02. The summed E-state index contributed by atoms with van der Waals surface area (Å²) < 4.78 is 0. The van der Waals surface area contributed by atoms with Crippen molar-refractivity contribution in [2.75, 3.05) is 0 Å². The second kappa shape index (κ2) is 8.85. The van der Waals surface area contributed by atoms with Crippen LogP contribution in [0.5, 0.6) is 5.75 Å². The highest BCUT2D eigenvalue weighted by atomic mass is 35.5. The van der Waals surface area contributed by atoms with E-state index in [1.54, 1.807) is 15.7 Å². The molecule has 0 bridgehead atoms. The molecule has 0 aliphatic carbocycles. The Labute approximate surface area is 195 Å². The first-order chi connectivity index (χ1) is 14.1. The molecule has 150 valence electrons. The largest absolute Gasteiger partial charge is 0.506 e. The number of carboxylic acid groups (broad SMARTS) is 1. The van der Waals surface area contributed by atoms with Gasteiger partial charge in [-0.15, -0.1) is 0 Å². The van der Waals surface area contributed by atoms with Gasteiger partial charge in [-0.1, -0.05) is 38.7 Å². The molecule has 0 saturated heterocycles. The summed E-state index contributed by atoms with van der Waals surface area (Å²) in [4.78, 5) is 28.0. The normalized spacial score (nSPS) is 12.3. The molecular formula is C15H22B9ClN2O4. The fraction of sp³-hybridized carbons (Fsp3) is 0.133. The monoisotopic (exact) mass is 428 g/mol. The van der Waals surface area contributed by atoms with E-state index in [9.17, 15) is 14.7 Å². The van der Waals surface area contributed by atoms with Crippen molar-refractivity contribution in [3.63, 3.8) is 0 Å². The lowest BCUT2D eigenvalue weighted by Gasteiger charge is -2.31. The molecule has 6 nitrogen and oxygen atoms in total. The summed E-state index contributed by atoms with van der Waals surface area (Å²) in [5.41, 5.74) is 6.57. The van der Waals surface area contributed by atoms with E-state index in [1.807, 2.05) is 23.5 Å². The van der Waals surface area contributed by atoms with Gasteiger partial charge in [0, 0.05) is 10.6 Å². The van der Waals surface area contributed by atoms with Crippen molar-refractivity contribution in [1.82, 2.24) is 10.3 Å². The number of halogens is 1. The summed E-state index contributed by atoms with van der Waals surface area (Å²) in [6.07, 6.45) is 0. The van der Waals surface area contributed by atoms with Gasteiger partial charge >= 0.3 is 5.97 Å². The summed E-state index contributed by atoms with van der Waals surface area (Å²) in [5, 5.41) is 22.7. The highest BCUT2D eigenvalue weighted by molar-refractivity contribution is 6.65. The van der Waals surface area contributed by atoms with Crippen molar-refractivity contribution in [3.8, 4) is 16.9 Å². The zero-order valence-corrected chi connectivity index (χ0v) is 20.4.